The highest BCUT2D eigenvalue weighted by molar-refractivity contribution is 7.09. The molecule has 0 saturated heterocycles. The molecule has 0 atom stereocenters. The largest absolute Gasteiger partial charge is 0.221 e. The van der Waals surface area contributed by atoms with E-state index in [1.54, 1.807) is 0 Å². The maximum absolute atomic E-state index is 7.84. The third-order valence-electron chi connectivity index (χ3n) is 0.480. The number of azide groups is 1. The number of rotatable bonds is 1. The molecular formula is C2HN5S. The van der Waals surface area contributed by atoms with Crippen LogP contribution in [-0.4, -0.2) is 9.36 Å². The van der Waals surface area contributed by atoms with Crippen LogP contribution in [0.4, 0.5) is 5.13 Å². The molecule has 0 unspecified atom stereocenters. The Bertz CT molecular complexity index is 196. The van der Waals surface area contributed by atoms with Crippen molar-refractivity contribution in [3.63, 3.8) is 0 Å². The molecule has 1 rings (SSSR count). The molecule has 1 heterocycles. The summed E-state index contributed by atoms with van der Waals surface area (Å²) in [5.74, 6) is 0. The van der Waals surface area contributed by atoms with Crippen LogP contribution in [0.1, 0.15) is 0 Å². The molecule has 0 aromatic carbocycles. The van der Waals surface area contributed by atoms with Crippen molar-refractivity contribution in [2.45, 2.75) is 0 Å². The highest BCUT2D eigenvalue weighted by atomic mass is 32.1. The molecule has 8 heavy (non-hydrogen) atoms. The summed E-state index contributed by atoms with van der Waals surface area (Å²) in [5, 5.41) is 3.55. The van der Waals surface area contributed by atoms with Gasteiger partial charge >= 0.3 is 0 Å². The lowest BCUT2D eigenvalue weighted by molar-refractivity contribution is 1.29. The van der Waals surface area contributed by atoms with Gasteiger partial charge in [-0.05, 0) is 22.2 Å². The molecule has 0 aliphatic heterocycles. The minimum Gasteiger partial charge on any atom is -0.221 e. The highest BCUT2D eigenvalue weighted by Crippen LogP contribution is 2.10. The smallest absolute Gasteiger partial charge is 0.200 e. The first kappa shape index (κ1) is 5.02. The van der Waals surface area contributed by atoms with Crippen LogP contribution in [0.15, 0.2) is 11.4 Å². The number of aromatic nitrogens is 2. The molecule has 1 aromatic heterocycles. The molecule has 1 aromatic rings. The molecular weight excluding hydrogens is 126 g/mol. The summed E-state index contributed by atoms with van der Waals surface area (Å²) in [7, 11) is 0. The molecule has 6 heteroatoms. The number of hydrogen-bond acceptors (Lipinski definition) is 4. The normalized spacial score (nSPS) is 8.00. The Balaban J connectivity index is 2.93. The number of nitrogens with zero attached hydrogens (tertiary/aromatic N) is 5. The first-order chi connectivity index (χ1) is 3.93. The predicted molar refractivity (Wildman–Crippen MR) is 28.7 cm³/mol. The van der Waals surface area contributed by atoms with E-state index in [0.717, 1.165) is 11.5 Å². The molecule has 0 bridgehead atoms. The van der Waals surface area contributed by atoms with Crippen LogP contribution in [0, 0.1) is 0 Å². The van der Waals surface area contributed by atoms with E-state index in [1.165, 1.54) is 6.33 Å². The van der Waals surface area contributed by atoms with Crippen LogP contribution in [0.5, 0.6) is 0 Å². The maximum atomic E-state index is 7.84. The summed E-state index contributed by atoms with van der Waals surface area (Å²) in [6.45, 7) is 0. The van der Waals surface area contributed by atoms with E-state index >= 15 is 0 Å². The summed E-state index contributed by atoms with van der Waals surface area (Å²) in [6.07, 6.45) is 1.34. The minimum atomic E-state index is 0.354. The third kappa shape index (κ3) is 0.927. The van der Waals surface area contributed by atoms with Crippen LogP contribution < -0.4 is 0 Å². The minimum absolute atomic E-state index is 0.354. The zero-order valence-corrected chi connectivity index (χ0v) is 4.54. The average molecular weight is 127 g/mol. The fourth-order valence-corrected chi connectivity index (χ4v) is 0.605. The van der Waals surface area contributed by atoms with Crippen LogP contribution in [0.3, 0.4) is 0 Å². The summed E-state index contributed by atoms with van der Waals surface area (Å²) < 4.78 is 3.61. The van der Waals surface area contributed by atoms with Crippen LogP contribution in [0.2, 0.25) is 0 Å². The molecule has 5 nitrogen and oxygen atoms in total. The summed E-state index contributed by atoms with van der Waals surface area (Å²) in [5.41, 5.74) is 7.84. The van der Waals surface area contributed by atoms with Gasteiger partial charge in [0.05, 0.1) is 0 Å². The van der Waals surface area contributed by atoms with Gasteiger partial charge in [-0.15, -0.1) is 0 Å². The van der Waals surface area contributed by atoms with Gasteiger partial charge in [-0.3, -0.25) is 0 Å². The molecule has 0 aliphatic carbocycles. The second-order valence-corrected chi connectivity index (χ2v) is 1.67. The molecule has 0 N–H and O–H groups in total. The van der Waals surface area contributed by atoms with E-state index < -0.39 is 0 Å². The van der Waals surface area contributed by atoms with Gasteiger partial charge in [-0.2, -0.15) is 4.37 Å². The molecule has 0 radical (unpaired) electrons. The standard InChI is InChI=1S/C2HN5S/c3-7-6-2-4-1-5-8-2/h1H. The first-order valence-electron chi connectivity index (χ1n) is 1.75. The quantitative estimate of drug-likeness (QED) is 0.325. The third-order valence-corrected chi connectivity index (χ3v) is 1.03. The molecule has 0 saturated carbocycles. The van der Waals surface area contributed by atoms with Crippen LogP contribution in [0.25, 0.3) is 10.4 Å². The summed E-state index contributed by atoms with van der Waals surface area (Å²) in [4.78, 5) is 6.10. The Morgan fingerprint density at radius 2 is 2.75 bits per heavy atom. The molecule has 0 spiro atoms. The van der Waals surface area contributed by atoms with Crippen LogP contribution >= 0.6 is 11.5 Å². The van der Waals surface area contributed by atoms with Gasteiger partial charge in [0.25, 0.3) is 0 Å². The molecule has 40 valence electrons. The van der Waals surface area contributed by atoms with Gasteiger partial charge in [0.1, 0.15) is 6.33 Å². The Morgan fingerprint density at radius 1 is 1.88 bits per heavy atom. The van der Waals surface area contributed by atoms with E-state index in [-0.39, 0.29) is 0 Å². The van der Waals surface area contributed by atoms with Crippen molar-refractivity contribution >= 4 is 16.7 Å². The zero-order valence-electron chi connectivity index (χ0n) is 3.72. The van der Waals surface area contributed by atoms with Gasteiger partial charge in [0, 0.05) is 4.91 Å². The Morgan fingerprint density at radius 3 is 3.25 bits per heavy atom. The Labute approximate surface area is 48.8 Å². The van der Waals surface area contributed by atoms with Crippen LogP contribution in [-0.2, 0) is 0 Å². The lowest BCUT2D eigenvalue weighted by atomic mass is 11.2. The second kappa shape index (κ2) is 2.25. The van der Waals surface area contributed by atoms with Gasteiger partial charge in [0.2, 0.25) is 0 Å². The molecule has 0 amide bonds. The topological polar surface area (TPSA) is 74.5 Å². The van der Waals surface area contributed by atoms with E-state index in [0.29, 0.717) is 5.13 Å². The maximum Gasteiger partial charge on any atom is 0.200 e. The fourth-order valence-electron chi connectivity index (χ4n) is 0.250. The van der Waals surface area contributed by atoms with Gasteiger partial charge in [-0.25, -0.2) is 4.98 Å². The Kier molecular flexibility index (Phi) is 1.41. The predicted octanol–water partition coefficient (Wildman–Crippen LogP) is 1.48. The van der Waals surface area contributed by atoms with Crippen molar-refractivity contribution in [3.8, 4) is 0 Å². The van der Waals surface area contributed by atoms with Crippen molar-refractivity contribution < 1.29 is 0 Å². The van der Waals surface area contributed by atoms with Crippen molar-refractivity contribution in [1.82, 2.24) is 9.36 Å². The van der Waals surface area contributed by atoms with Gasteiger partial charge in [0.15, 0.2) is 5.13 Å². The number of hydrogen-bond donors (Lipinski definition) is 0. The van der Waals surface area contributed by atoms with E-state index in [2.05, 4.69) is 19.4 Å². The lowest BCUT2D eigenvalue weighted by Gasteiger charge is -1.65. The molecule has 0 aliphatic rings. The second-order valence-electron chi connectivity index (χ2n) is 0.913. The van der Waals surface area contributed by atoms with Crippen molar-refractivity contribution in [3.05, 3.63) is 16.8 Å². The van der Waals surface area contributed by atoms with E-state index in [1.807, 2.05) is 0 Å². The van der Waals surface area contributed by atoms with E-state index in [4.69, 9.17) is 5.53 Å². The first-order valence-corrected chi connectivity index (χ1v) is 2.52. The van der Waals surface area contributed by atoms with Gasteiger partial charge < -0.3 is 0 Å². The lowest BCUT2D eigenvalue weighted by Crippen LogP contribution is -1.50. The summed E-state index contributed by atoms with van der Waals surface area (Å²) in [6, 6.07) is 0. The van der Waals surface area contributed by atoms with Crippen molar-refractivity contribution in [1.29, 1.82) is 0 Å². The van der Waals surface area contributed by atoms with Gasteiger partial charge in [-0.1, -0.05) is 0 Å². The fraction of sp³-hybridized carbons (Fsp3) is 0. The average Bonchev–Trinajstić information content (AvgIpc) is 2.19. The molecule has 0 fully saturated rings. The van der Waals surface area contributed by atoms with E-state index in [9.17, 15) is 0 Å². The highest BCUT2D eigenvalue weighted by Gasteiger charge is 1.85. The Hall–Kier alpha value is -1.13. The van der Waals surface area contributed by atoms with Crippen molar-refractivity contribution in [2.24, 2.45) is 5.11 Å². The monoisotopic (exact) mass is 127 g/mol. The van der Waals surface area contributed by atoms with Crippen molar-refractivity contribution in [2.75, 3.05) is 0 Å². The summed E-state index contributed by atoms with van der Waals surface area (Å²) >= 11 is 1.07. The zero-order chi connectivity index (χ0) is 5.82. The SMILES string of the molecule is [N-]=[N+]=Nc1ncns1.